The summed E-state index contributed by atoms with van der Waals surface area (Å²) in [5.74, 6) is 0.917. The van der Waals surface area contributed by atoms with Crippen LogP contribution in [-0.2, 0) is 17.9 Å². The molecule has 3 rings (SSSR count). The lowest BCUT2D eigenvalue weighted by Crippen LogP contribution is -2.25. The van der Waals surface area contributed by atoms with Gasteiger partial charge in [0.15, 0.2) is 0 Å². The van der Waals surface area contributed by atoms with E-state index in [0.717, 1.165) is 25.4 Å². The summed E-state index contributed by atoms with van der Waals surface area (Å²) in [6.45, 7) is 3.29. The van der Waals surface area contributed by atoms with Gasteiger partial charge in [-0.25, -0.2) is 0 Å². The van der Waals surface area contributed by atoms with Crippen LogP contribution >= 0.6 is 0 Å². The van der Waals surface area contributed by atoms with E-state index in [4.69, 9.17) is 9.47 Å². The molecule has 0 bridgehead atoms. The highest BCUT2D eigenvalue weighted by Crippen LogP contribution is 2.16. The van der Waals surface area contributed by atoms with Crippen molar-refractivity contribution in [2.45, 2.75) is 32.1 Å². The van der Waals surface area contributed by atoms with E-state index in [1.165, 1.54) is 24.0 Å². The topological polar surface area (TPSA) is 30.5 Å². The molecule has 1 saturated heterocycles. The molecule has 3 heteroatoms. The first-order chi connectivity index (χ1) is 10.9. The molecule has 0 spiro atoms. The Labute approximate surface area is 132 Å². The highest BCUT2D eigenvalue weighted by atomic mass is 16.5. The fraction of sp³-hybridized carbons (Fsp3) is 0.368. The standard InChI is InChI=1S/C19H23NO2/c1-2-6-16(7-3-1)15-22-18-9-4-8-17(12-18)13-20-14-19-10-5-11-21-19/h1-4,6-9,12,19-20H,5,10-11,13-15H2. The first-order valence-electron chi connectivity index (χ1n) is 7.98. The predicted octanol–water partition coefficient (Wildman–Crippen LogP) is 3.53. The van der Waals surface area contributed by atoms with Gasteiger partial charge in [0.05, 0.1) is 6.10 Å². The van der Waals surface area contributed by atoms with Gasteiger partial charge in [0.2, 0.25) is 0 Å². The van der Waals surface area contributed by atoms with Gasteiger partial charge in [0.25, 0.3) is 0 Å². The Morgan fingerprint density at radius 3 is 2.73 bits per heavy atom. The van der Waals surface area contributed by atoms with Gasteiger partial charge < -0.3 is 14.8 Å². The Bertz CT molecular complexity index is 565. The number of hydrogen-bond donors (Lipinski definition) is 1. The van der Waals surface area contributed by atoms with E-state index in [2.05, 4.69) is 29.6 Å². The van der Waals surface area contributed by atoms with Crippen molar-refractivity contribution in [3.63, 3.8) is 0 Å². The monoisotopic (exact) mass is 297 g/mol. The van der Waals surface area contributed by atoms with Crippen molar-refractivity contribution < 1.29 is 9.47 Å². The van der Waals surface area contributed by atoms with Crippen LogP contribution in [0.15, 0.2) is 54.6 Å². The lowest BCUT2D eigenvalue weighted by molar-refractivity contribution is 0.110. The van der Waals surface area contributed by atoms with Crippen molar-refractivity contribution in [3.05, 3.63) is 65.7 Å². The van der Waals surface area contributed by atoms with Gasteiger partial charge in [-0.05, 0) is 36.1 Å². The van der Waals surface area contributed by atoms with Crippen LogP contribution in [0.25, 0.3) is 0 Å². The largest absolute Gasteiger partial charge is 0.489 e. The van der Waals surface area contributed by atoms with Crippen LogP contribution in [0.2, 0.25) is 0 Å². The van der Waals surface area contributed by atoms with Crippen LogP contribution in [0.3, 0.4) is 0 Å². The molecule has 1 fully saturated rings. The maximum absolute atomic E-state index is 5.86. The van der Waals surface area contributed by atoms with Crippen LogP contribution in [0.5, 0.6) is 5.75 Å². The van der Waals surface area contributed by atoms with Crippen molar-refractivity contribution in [1.82, 2.24) is 5.32 Å². The third kappa shape index (κ3) is 4.58. The maximum atomic E-state index is 5.86. The third-order valence-corrected chi connectivity index (χ3v) is 3.87. The van der Waals surface area contributed by atoms with Crippen LogP contribution in [0.4, 0.5) is 0 Å². The molecule has 2 aromatic rings. The normalized spacial score (nSPS) is 17.5. The average molecular weight is 297 g/mol. The van der Waals surface area contributed by atoms with E-state index in [0.29, 0.717) is 12.7 Å². The van der Waals surface area contributed by atoms with E-state index in [1.807, 2.05) is 30.3 Å². The first-order valence-corrected chi connectivity index (χ1v) is 7.98. The van der Waals surface area contributed by atoms with Gasteiger partial charge in [-0.15, -0.1) is 0 Å². The van der Waals surface area contributed by atoms with Gasteiger partial charge >= 0.3 is 0 Å². The second kappa shape index (κ2) is 7.97. The summed E-state index contributed by atoms with van der Waals surface area (Å²) < 4.78 is 11.5. The molecule has 0 aromatic heterocycles. The SMILES string of the molecule is c1ccc(COc2cccc(CNCC3CCCO3)c2)cc1. The lowest BCUT2D eigenvalue weighted by Gasteiger charge is -2.12. The van der Waals surface area contributed by atoms with Gasteiger partial charge in [-0.3, -0.25) is 0 Å². The summed E-state index contributed by atoms with van der Waals surface area (Å²) in [6.07, 6.45) is 2.75. The molecule has 0 radical (unpaired) electrons. The molecule has 0 aliphatic carbocycles. The highest BCUT2D eigenvalue weighted by Gasteiger charge is 2.14. The minimum Gasteiger partial charge on any atom is -0.489 e. The Hall–Kier alpha value is -1.84. The Morgan fingerprint density at radius 2 is 1.91 bits per heavy atom. The number of hydrogen-bond acceptors (Lipinski definition) is 3. The third-order valence-electron chi connectivity index (χ3n) is 3.87. The Balaban J connectivity index is 1.47. The molecule has 1 heterocycles. The molecule has 116 valence electrons. The van der Waals surface area contributed by atoms with Crippen molar-refractivity contribution in [2.24, 2.45) is 0 Å². The van der Waals surface area contributed by atoms with Crippen LogP contribution in [0, 0.1) is 0 Å². The van der Waals surface area contributed by atoms with Gasteiger partial charge in [0, 0.05) is 19.7 Å². The van der Waals surface area contributed by atoms with Crippen LogP contribution < -0.4 is 10.1 Å². The van der Waals surface area contributed by atoms with E-state index in [-0.39, 0.29) is 0 Å². The summed E-state index contributed by atoms with van der Waals surface area (Å²) in [6, 6.07) is 18.5. The molecule has 1 N–H and O–H groups in total. The molecule has 1 aliphatic heterocycles. The molecule has 0 amide bonds. The Kier molecular flexibility index (Phi) is 5.46. The summed E-state index contributed by atoms with van der Waals surface area (Å²) >= 11 is 0. The fourth-order valence-corrected chi connectivity index (χ4v) is 2.67. The van der Waals surface area contributed by atoms with Crippen molar-refractivity contribution in [1.29, 1.82) is 0 Å². The van der Waals surface area contributed by atoms with Gasteiger partial charge in [0.1, 0.15) is 12.4 Å². The lowest BCUT2D eigenvalue weighted by atomic mass is 10.2. The molecule has 0 saturated carbocycles. The van der Waals surface area contributed by atoms with Crippen molar-refractivity contribution in [3.8, 4) is 5.75 Å². The quantitative estimate of drug-likeness (QED) is 0.848. The van der Waals surface area contributed by atoms with Crippen LogP contribution in [0.1, 0.15) is 24.0 Å². The van der Waals surface area contributed by atoms with E-state index >= 15 is 0 Å². The second-order valence-corrected chi connectivity index (χ2v) is 5.69. The summed E-state index contributed by atoms with van der Waals surface area (Å²) in [5, 5.41) is 3.46. The van der Waals surface area contributed by atoms with E-state index < -0.39 is 0 Å². The molecule has 22 heavy (non-hydrogen) atoms. The number of nitrogens with one attached hydrogen (secondary N) is 1. The molecule has 1 unspecified atom stereocenters. The second-order valence-electron chi connectivity index (χ2n) is 5.69. The minimum absolute atomic E-state index is 0.387. The zero-order valence-electron chi connectivity index (χ0n) is 12.8. The maximum Gasteiger partial charge on any atom is 0.120 e. The number of benzene rings is 2. The Morgan fingerprint density at radius 1 is 1.05 bits per heavy atom. The van der Waals surface area contributed by atoms with Gasteiger partial charge in [-0.1, -0.05) is 42.5 Å². The summed E-state index contributed by atoms with van der Waals surface area (Å²) in [5.41, 5.74) is 2.42. The molecule has 1 atom stereocenters. The molecule has 3 nitrogen and oxygen atoms in total. The molecular weight excluding hydrogens is 274 g/mol. The molecule has 2 aromatic carbocycles. The summed E-state index contributed by atoms with van der Waals surface area (Å²) in [7, 11) is 0. The van der Waals surface area contributed by atoms with E-state index in [9.17, 15) is 0 Å². The van der Waals surface area contributed by atoms with Crippen molar-refractivity contribution in [2.75, 3.05) is 13.2 Å². The van der Waals surface area contributed by atoms with Crippen LogP contribution in [-0.4, -0.2) is 19.3 Å². The molecular formula is C19H23NO2. The smallest absolute Gasteiger partial charge is 0.120 e. The first kappa shape index (κ1) is 15.1. The minimum atomic E-state index is 0.387. The number of rotatable bonds is 7. The zero-order chi connectivity index (χ0) is 15.0. The number of ether oxygens (including phenoxy) is 2. The van der Waals surface area contributed by atoms with Crippen molar-refractivity contribution >= 4 is 0 Å². The van der Waals surface area contributed by atoms with Gasteiger partial charge in [-0.2, -0.15) is 0 Å². The average Bonchev–Trinajstić information content (AvgIpc) is 3.08. The predicted molar refractivity (Wildman–Crippen MR) is 87.9 cm³/mol. The molecule has 1 aliphatic rings. The van der Waals surface area contributed by atoms with E-state index in [1.54, 1.807) is 0 Å². The summed E-state index contributed by atoms with van der Waals surface area (Å²) in [4.78, 5) is 0. The fourth-order valence-electron chi connectivity index (χ4n) is 2.67. The highest BCUT2D eigenvalue weighted by molar-refractivity contribution is 5.29. The zero-order valence-corrected chi connectivity index (χ0v) is 12.8.